The summed E-state index contributed by atoms with van der Waals surface area (Å²) in [7, 11) is 1.60. The van der Waals surface area contributed by atoms with E-state index in [1.165, 1.54) is 0 Å². The number of carbonyl (C=O) groups excluding carboxylic acids is 2. The Morgan fingerprint density at radius 1 is 1.38 bits per heavy atom. The van der Waals surface area contributed by atoms with Crippen LogP contribution in [0.15, 0.2) is 34.9 Å². The average Bonchev–Trinajstić information content (AvgIpc) is 3.18. The van der Waals surface area contributed by atoms with Gasteiger partial charge in [-0.3, -0.25) is 9.59 Å². The number of piperidine rings is 1. The Hall–Kier alpha value is -2.83. The van der Waals surface area contributed by atoms with E-state index in [2.05, 4.69) is 10.3 Å². The van der Waals surface area contributed by atoms with Gasteiger partial charge in [0.05, 0.1) is 13.3 Å². The molecule has 0 saturated carbocycles. The molecule has 0 bridgehead atoms. The number of aromatic nitrogens is 1. The maximum atomic E-state index is 12.9. The normalized spacial score (nSPS) is 17.3. The van der Waals surface area contributed by atoms with Crippen molar-refractivity contribution in [3.05, 3.63) is 42.1 Å². The van der Waals surface area contributed by atoms with Crippen LogP contribution in [0.2, 0.25) is 0 Å². The maximum absolute atomic E-state index is 12.9. The number of nitrogens with zero attached hydrogens (tertiary/aromatic N) is 2. The molecular formula is C22H29N3O4. The molecule has 29 heavy (non-hydrogen) atoms. The van der Waals surface area contributed by atoms with Crippen LogP contribution in [-0.4, -0.2) is 36.5 Å². The molecule has 1 N–H and O–H groups in total. The second-order valence-corrected chi connectivity index (χ2v) is 8.32. The van der Waals surface area contributed by atoms with Gasteiger partial charge in [0.15, 0.2) is 5.89 Å². The van der Waals surface area contributed by atoms with Gasteiger partial charge >= 0.3 is 0 Å². The van der Waals surface area contributed by atoms with Crippen molar-refractivity contribution in [2.75, 3.05) is 18.6 Å². The molecule has 0 spiro atoms. The standard InChI is InChI=1S/C22H29N3O4/c1-22(2,3)18-14-23-20(29-18)11-10-19(26)24-17-9-6-12-25(21(17)27)15-7-5-8-16(13-15)28-4/h5,7-8,13-14,17H,6,9-12H2,1-4H3,(H,24,26). The zero-order chi connectivity index (χ0) is 21.0. The molecule has 2 aromatic rings. The summed E-state index contributed by atoms with van der Waals surface area (Å²) in [5.74, 6) is 1.76. The molecule has 3 rings (SSSR count). The number of nitrogens with one attached hydrogen (secondary N) is 1. The first-order valence-corrected chi connectivity index (χ1v) is 9.98. The summed E-state index contributed by atoms with van der Waals surface area (Å²) in [5, 5.41) is 2.87. The quantitative estimate of drug-likeness (QED) is 0.806. The highest BCUT2D eigenvalue weighted by Gasteiger charge is 2.31. The second-order valence-electron chi connectivity index (χ2n) is 8.32. The summed E-state index contributed by atoms with van der Waals surface area (Å²) >= 11 is 0. The molecule has 1 aliphatic rings. The van der Waals surface area contributed by atoms with Gasteiger partial charge in [-0.1, -0.05) is 26.8 Å². The number of carbonyl (C=O) groups is 2. The number of benzene rings is 1. The van der Waals surface area contributed by atoms with E-state index in [1.807, 2.05) is 45.0 Å². The summed E-state index contributed by atoms with van der Waals surface area (Å²) in [6, 6.07) is 6.88. The minimum Gasteiger partial charge on any atom is -0.497 e. The minimum absolute atomic E-state index is 0.0935. The van der Waals surface area contributed by atoms with Crippen molar-refractivity contribution >= 4 is 17.5 Å². The predicted octanol–water partition coefficient (Wildman–Crippen LogP) is 3.23. The van der Waals surface area contributed by atoms with E-state index in [9.17, 15) is 9.59 Å². The average molecular weight is 399 g/mol. The molecule has 2 amide bonds. The van der Waals surface area contributed by atoms with Crippen molar-refractivity contribution in [1.29, 1.82) is 0 Å². The highest BCUT2D eigenvalue weighted by molar-refractivity contribution is 6.00. The third-order valence-electron chi connectivity index (χ3n) is 5.00. The molecule has 1 aromatic heterocycles. The SMILES string of the molecule is COc1cccc(N2CCCC(NC(=O)CCc3ncc(C(C)(C)C)o3)C2=O)c1. The smallest absolute Gasteiger partial charge is 0.249 e. The number of oxazole rings is 1. The van der Waals surface area contributed by atoms with Gasteiger partial charge in [0.2, 0.25) is 11.8 Å². The minimum atomic E-state index is -0.517. The number of hydrogen-bond donors (Lipinski definition) is 1. The fraction of sp³-hybridized carbons (Fsp3) is 0.500. The number of methoxy groups -OCH3 is 1. The maximum Gasteiger partial charge on any atom is 0.249 e. The van der Waals surface area contributed by atoms with Gasteiger partial charge in [0, 0.05) is 36.6 Å². The molecule has 1 saturated heterocycles. The third kappa shape index (κ3) is 5.16. The largest absolute Gasteiger partial charge is 0.497 e. The molecule has 0 radical (unpaired) electrons. The van der Waals surface area contributed by atoms with Gasteiger partial charge in [0.25, 0.3) is 0 Å². The lowest BCUT2D eigenvalue weighted by Gasteiger charge is -2.32. The van der Waals surface area contributed by atoms with Crippen molar-refractivity contribution in [3.63, 3.8) is 0 Å². The molecule has 1 fully saturated rings. The van der Waals surface area contributed by atoms with Crippen LogP contribution in [0.5, 0.6) is 5.75 Å². The van der Waals surface area contributed by atoms with Gasteiger partial charge in [-0.25, -0.2) is 4.98 Å². The van der Waals surface area contributed by atoms with Crippen LogP contribution in [-0.2, 0) is 21.4 Å². The molecule has 7 nitrogen and oxygen atoms in total. The molecular weight excluding hydrogens is 370 g/mol. The summed E-state index contributed by atoms with van der Waals surface area (Å²) in [6.45, 7) is 6.77. The van der Waals surface area contributed by atoms with Crippen LogP contribution in [0, 0.1) is 0 Å². The second kappa shape index (κ2) is 8.68. The highest BCUT2D eigenvalue weighted by atomic mass is 16.5. The zero-order valence-corrected chi connectivity index (χ0v) is 17.5. The van der Waals surface area contributed by atoms with E-state index in [1.54, 1.807) is 18.2 Å². The first-order chi connectivity index (χ1) is 13.8. The molecule has 0 aliphatic carbocycles. The fourth-order valence-electron chi connectivity index (χ4n) is 3.30. The zero-order valence-electron chi connectivity index (χ0n) is 17.5. The van der Waals surface area contributed by atoms with Crippen LogP contribution in [0.3, 0.4) is 0 Å². The fourth-order valence-corrected chi connectivity index (χ4v) is 3.30. The molecule has 1 aliphatic heterocycles. The molecule has 1 unspecified atom stereocenters. The number of ether oxygens (including phenoxy) is 1. The van der Waals surface area contributed by atoms with E-state index in [0.29, 0.717) is 31.0 Å². The van der Waals surface area contributed by atoms with E-state index in [-0.39, 0.29) is 23.7 Å². The highest BCUT2D eigenvalue weighted by Crippen LogP contribution is 2.25. The van der Waals surface area contributed by atoms with Crippen molar-refractivity contribution in [3.8, 4) is 5.75 Å². The topological polar surface area (TPSA) is 84.7 Å². The molecule has 1 atom stereocenters. The summed E-state index contributed by atoms with van der Waals surface area (Å²) in [5.41, 5.74) is 0.661. The number of amides is 2. The molecule has 1 aromatic carbocycles. The van der Waals surface area contributed by atoms with Gasteiger partial charge in [-0.2, -0.15) is 0 Å². The summed E-state index contributed by atoms with van der Waals surface area (Å²) in [6.07, 6.45) is 3.81. The monoisotopic (exact) mass is 399 g/mol. The molecule has 2 heterocycles. The van der Waals surface area contributed by atoms with Crippen LogP contribution in [0.25, 0.3) is 0 Å². The van der Waals surface area contributed by atoms with Crippen molar-refractivity contribution in [2.24, 2.45) is 0 Å². The number of anilines is 1. The number of aryl methyl sites for hydroxylation is 1. The van der Waals surface area contributed by atoms with Gasteiger partial charge in [0.1, 0.15) is 17.6 Å². The molecule has 156 valence electrons. The molecule has 7 heteroatoms. The van der Waals surface area contributed by atoms with Crippen LogP contribution >= 0.6 is 0 Å². The van der Waals surface area contributed by atoms with Crippen molar-refractivity contribution in [2.45, 2.75) is 57.9 Å². The first kappa shape index (κ1) is 20.9. The van der Waals surface area contributed by atoms with Gasteiger partial charge in [-0.15, -0.1) is 0 Å². The summed E-state index contributed by atoms with van der Waals surface area (Å²) < 4.78 is 11.0. The lowest BCUT2D eigenvalue weighted by Crippen LogP contribution is -2.52. The van der Waals surface area contributed by atoms with Gasteiger partial charge < -0.3 is 19.4 Å². The lowest BCUT2D eigenvalue weighted by atomic mass is 9.94. The summed E-state index contributed by atoms with van der Waals surface area (Å²) in [4.78, 5) is 31.3. The van der Waals surface area contributed by atoms with Crippen LogP contribution < -0.4 is 15.0 Å². The lowest BCUT2D eigenvalue weighted by molar-refractivity contribution is -0.128. The van der Waals surface area contributed by atoms with E-state index in [0.717, 1.165) is 17.9 Å². The Morgan fingerprint density at radius 3 is 2.86 bits per heavy atom. The van der Waals surface area contributed by atoms with Crippen molar-refractivity contribution < 1.29 is 18.7 Å². The van der Waals surface area contributed by atoms with E-state index in [4.69, 9.17) is 9.15 Å². The Labute approximate surface area is 171 Å². The Balaban J connectivity index is 1.57. The predicted molar refractivity (Wildman–Crippen MR) is 110 cm³/mol. The van der Waals surface area contributed by atoms with Crippen LogP contribution in [0.4, 0.5) is 5.69 Å². The van der Waals surface area contributed by atoms with E-state index >= 15 is 0 Å². The number of rotatable bonds is 6. The first-order valence-electron chi connectivity index (χ1n) is 9.98. The van der Waals surface area contributed by atoms with Crippen LogP contribution in [0.1, 0.15) is 51.7 Å². The number of hydrogen-bond acceptors (Lipinski definition) is 5. The Kier molecular flexibility index (Phi) is 6.25. The van der Waals surface area contributed by atoms with Gasteiger partial charge in [-0.05, 0) is 25.0 Å². The Morgan fingerprint density at radius 2 is 2.17 bits per heavy atom. The van der Waals surface area contributed by atoms with E-state index < -0.39 is 6.04 Å². The Bertz CT molecular complexity index is 869. The van der Waals surface area contributed by atoms with Crippen molar-refractivity contribution in [1.82, 2.24) is 10.3 Å². The third-order valence-corrected chi connectivity index (χ3v) is 5.00.